The Morgan fingerprint density at radius 1 is 0.291 bits per heavy atom. The molecule has 4 nitrogen and oxygen atoms in total. The Balaban J connectivity index is 1.12. The highest BCUT2D eigenvalue weighted by Crippen LogP contribution is 2.42. The SMILES string of the molecule is c1ccc(-c2ccc(-c3cccc4oc5cccc(-c6nc(-c7ccc8ccccc8c7)nc(-c7ccc8c(ccc9ccccc98)c7)n6)c5c34)cc2)cc1. The van der Waals surface area contributed by atoms with Crippen LogP contribution in [0.25, 0.3) is 111 Å². The summed E-state index contributed by atoms with van der Waals surface area (Å²) in [7, 11) is 0. The standard InChI is InChI=1S/C51H31N3O/c1-2-10-32(11-3-1)34-20-23-36(24-21-34)43-16-8-18-45-47(43)48-44(17-9-19-46(48)55-45)51-53-49(39-27-22-33-12-4-5-14-37(33)30-39)52-50(54-51)40-28-29-42-38(31-40)26-25-35-13-6-7-15-41(35)42/h1-31H. The van der Waals surface area contributed by atoms with Crippen LogP contribution in [0.4, 0.5) is 0 Å². The number of furan rings is 1. The van der Waals surface area contributed by atoms with Crippen LogP contribution in [0.5, 0.6) is 0 Å². The summed E-state index contributed by atoms with van der Waals surface area (Å²) in [4.78, 5) is 15.6. The van der Waals surface area contributed by atoms with Gasteiger partial charge in [0, 0.05) is 27.5 Å². The second-order valence-electron chi connectivity index (χ2n) is 14.0. The Labute approximate surface area is 317 Å². The van der Waals surface area contributed by atoms with Crippen LogP contribution in [0, 0.1) is 0 Å². The molecule has 9 aromatic carbocycles. The van der Waals surface area contributed by atoms with Gasteiger partial charge in [0.25, 0.3) is 0 Å². The van der Waals surface area contributed by atoms with Crippen molar-refractivity contribution in [1.29, 1.82) is 0 Å². The van der Waals surface area contributed by atoms with E-state index in [1.54, 1.807) is 0 Å². The maximum atomic E-state index is 6.56. The van der Waals surface area contributed by atoms with Crippen molar-refractivity contribution >= 4 is 54.3 Å². The molecule has 55 heavy (non-hydrogen) atoms. The first-order valence-corrected chi connectivity index (χ1v) is 18.5. The minimum Gasteiger partial charge on any atom is -0.456 e. The average Bonchev–Trinajstić information content (AvgIpc) is 3.65. The van der Waals surface area contributed by atoms with Crippen LogP contribution in [0.15, 0.2) is 192 Å². The van der Waals surface area contributed by atoms with E-state index < -0.39 is 0 Å². The summed E-state index contributed by atoms with van der Waals surface area (Å²) >= 11 is 0. The van der Waals surface area contributed by atoms with Crippen molar-refractivity contribution in [3.05, 3.63) is 188 Å². The lowest BCUT2D eigenvalue weighted by molar-refractivity contribution is 0.669. The number of benzene rings is 9. The summed E-state index contributed by atoms with van der Waals surface area (Å²) in [6, 6.07) is 65.8. The summed E-state index contributed by atoms with van der Waals surface area (Å²) in [6.07, 6.45) is 0. The van der Waals surface area contributed by atoms with Crippen LogP contribution in [0.1, 0.15) is 0 Å². The van der Waals surface area contributed by atoms with Gasteiger partial charge in [-0.3, -0.25) is 0 Å². The second-order valence-corrected chi connectivity index (χ2v) is 14.0. The molecule has 0 amide bonds. The van der Waals surface area contributed by atoms with Crippen molar-refractivity contribution in [2.45, 2.75) is 0 Å². The monoisotopic (exact) mass is 701 g/mol. The molecule has 0 fully saturated rings. The molecular formula is C51H31N3O. The maximum absolute atomic E-state index is 6.56. The zero-order valence-corrected chi connectivity index (χ0v) is 29.6. The fraction of sp³-hybridized carbons (Fsp3) is 0. The predicted octanol–water partition coefficient (Wildman–Crippen LogP) is 13.6. The van der Waals surface area contributed by atoms with Crippen LogP contribution < -0.4 is 0 Å². The molecule has 256 valence electrons. The van der Waals surface area contributed by atoms with Gasteiger partial charge < -0.3 is 4.42 Å². The second kappa shape index (κ2) is 12.6. The van der Waals surface area contributed by atoms with Crippen molar-refractivity contribution in [2.75, 3.05) is 0 Å². The lowest BCUT2D eigenvalue weighted by Crippen LogP contribution is -2.00. The molecule has 0 bridgehead atoms. The molecule has 4 heteroatoms. The lowest BCUT2D eigenvalue weighted by Gasteiger charge is -2.11. The number of fused-ring (bicyclic) bond motifs is 7. The van der Waals surface area contributed by atoms with E-state index >= 15 is 0 Å². The van der Waals surface area contributed by atoms with Gasteiger partial charge in [0.05, 0.1) is 0 Å². The number of nitrogens with zero attached hydrogens (tertiary/aromatic N) is 3. The smallest absolute Gasteiger partial charge is 0.164 e. The van der Waals surface area contributed by atoms with Crippen molar-refractivity contribution in [2.24, 2.45) is 0 Å². The first-order valence-electron chi connectivity index (χ1n) is 18.5. The molecular weight excluding hydrogens is 671 g/mol. The Bertz CT molecular complexity index is 3260. The molecule has 0 saturated heterocycles. The van der Waals surface area contributed by atoms with Crippen molar-refractivity contribution in [1.82, 2.24) is 15.0 Å². The van der Waals surface area contributed by atoms with Gasteiger partial charge in [0.15, 0.2) is 17.5 Å². The van der Waals surface area contributed by atoms with Crippen molar-refractivity contribution < 1.29 is 4.42 Å². The van der Waals surface area contributed by atoms with E-state index in [2.05, 4.69) is 164 Å². The van der Waals surface area contributed by atoms with E-state index in [4.69, 9.17) is 19.4 Å². The first-order chi connectivity index (χ1) is 27.2. The number of hydrogen-bond acceptors (Lipinski definition) is 4. The molecule has 0 unspecified atom stereocenters. The van der Waals surface area contributed by atoms with Gasteiger partial charge in [-0.1, -0.05) is 164 Å². The largest absolute Gasteiger partial charge is 0.456 e. The van der Waals surface area contributed by atoms with Crippen molar-refractivity contribution in [3.63, 3.8) is 0 Å². The van der Waals surface area contributed by atoms with Gasteiger partial charge >= 0.3 is 0 Å². The summed E-state index contributed by atoms with van der Waals surface area (Å²) in [6.45, 7) is 0. The van der Waals surface area contributed by atoms with E-state index in [-0.39, 0.29) is 0 Å². The predicted molar refractivity (Wildman–Crippen MR) is 227 cm³/mol. The fourth-order valence-electron chi connectivity index (χ4n) is 8.00. The van der Waals surface area contributed by atoms with Gasteiger partial charge in [-0.05, 0) is 78.8 Å². The molecule has 0 aliphatic heterocycles. The van der Waals surface area contributed by atoms with E-state index in [9.17, 15) is 0 Å². The Morgan fingerprint density at radius 3 is 1.58 bits per heavy atom. The molecule has 11 rings (SSSR count). The van der Waals surface area contributed by atoms with E-state index in [1.165, 1.54) is 32.7 Å². The molecule has 0 radical (unpaired) electrons. The quantitative estimate of drug-likeness (QED) is 0.168. The molecule has 0 aliphatic rings. The number of hydrogen-bond donors (Lipinski definition) is 0. The van der Waals surface area contributed by atoms with Crippen LogP contribution in [-0.2, 0) is 0 Å². The molecule has 0 N–H and O–H groups in total. The molecule has 0 aliphatic carbocycles. The molecule has 0 atom stereocenters. The number of rotatable bonds is 5. The zero-order valence-electron chi connectivity index (χ0n) is 29.6. The highest BCUT2D eigenvalue weighted by molar-refractivity contribution is 6.17. The Morgan fingerprint density at radius 2 is 0.800 bits per heavy atom. The van der Waals surface area contributed by atoms with Crippen LogP contribution >= 0.6 is 0 Å². The van der Waals surface area contributed by atoms with Gasteiger partial charge in [-0.25, -0.2) is 15.0 Å². The van der Waals surface area contributed by atoms with Crippen LogP contribution in [0.3, 0.4) is 0 Å². The van der Waals surface area contributed by atoms with Gasteiger partial charge in [-0.15, -0.1) is 0 Å². The summed E-state index contributed by atoms with van der Waals surface area (Å²) in [5, 5.41) is 9.09. The third kappa shape index (κ3) is 5.34. The highest BCUT2D eigenvalue weighted by atomic mass is 16.3. The van der Waals surface area contributed by atoms with E-state index in [1.807, 2.05) is 24.3 Å². The Hall–Kier alpha value is -7.43. The van der Waals surface area contributed by atoms with Gasteiger partial charge in [0.1, 0.15) is 11.2 Å². The normalized spacial score (nSPS) is 11.6. The Kier molecular flexibility index (Phi) is 7.14. The minimum atomic E-state index is 0.592. The third-order valence-electron chi connectivity index (χ3n) is 10.7. The van der Waals surface area contributed by atoms with Gasteiger partial charge in [-0.2, -0.15) is 0 Å². The highest BCUT2D eigenvalue weighted by Gasteiger charge is 2.20. The third-order valence-corrected chi connectivity index (χ3v) is 10.7. The molecule has 0 spiro atoms. The molecule has 0 saturated carbocycles. The average molecular weight is 702 g/mol. The lowest BCUT2D eigenvalue weighted by atomic mass is 9.95. The zero-order chi connectivity index (χ0) is 36.3. The van der Waals surface area contributed by atoms with E-state index in [0.29, 0.717) is 17.5 Å². The minimum absolute atomic E-state index is 0.592. The maximum Gasteiger partial charge on any atom is 0.164 e. The van der Waals surface area contributed by atoms with Crippen LogP contribution in [0.2, 0.25) is 0 Å². The first kappa shape index (κ1) is 31.1. The van der Waals surface area contributed by atoms with Gasteiger partial charge in [0.2, 0.25) is 0 Å². The molecule has 2 heterocycles. The summed E-state index contributed by atoms with van der Waals surface area (Å²) in [5.41, 5.74) is 8.92. The summed E-state index contributed by atoms with van der Waals surface area (Å²) < 4.78 is 6.56. The van der Waals surface area contributed by atoms with E-state index in [0.717, 1.165) is 60.5 Å². The molecule has 11 aromatic rings. The molecule has 2 aromatic heterocycles. The number of aromatic nitrogens is 3. The van der Waals surface area contributed by atoms with Crippen LogP contribution in [-0.4, -0.2) is 15.0 Å². The topological polar surface area (TPSA) is 51.8 Å². The summed E-state index contributed by atoms with van der Waals surface area (Å²) in [5.74, 6) is 1.82. The fourth-order valence-corrected chi connectivity index (χ4v) is 8.00. The van der Waals surface area contributed by atoms with Crippen molar-refractivity contribution in [3.8, 4) is 56.4 Å².